The molecule has 0 fully saturated rings. The highest BCUT2D eigenvalue weighted by Gasteiger charge is 2.02. The molecule has 1 unspecified atom stereocenters. The normalized spacial score (nSPS) is 12.9. The fourth-order valence-electron chi connectivity index (χ4n) is 0.190. The maximum atomic E-state index is 9.91. The molecule has 0 amide bonds. The summed E-state index contributed by atoms with van der Waals surface area (Å²) in [6.45, 7) is 1.84. The molecule has 0 bridgehead atoms. The molecular formula is C4H7ClO2S. The van der Waals surface area contributed by atoms with Gasteiger partial charge >= 0.3 is 5.43 Å². The van der Waals surface area contributed by atoms with Crippen molar-refractivity contribution in [3.8, 4) is 0 Å². The van der Waals surface area contributed by atoms with Crippen molar-refractivity contribution in [2.24, 2.45) is 0 Å². The van der Waals surface area contributed by atoms with Crippen LogP contribution in [0.1, 0.15) is 13.3 Å². The minimum Gasteiger partial charge on any atom is -0.440 e. The summed E-state index contributed by atoms with van der Waals surface area (Å²) in [6.07, 6.45) is 0.668. The van der Waals surface area contributed by atoms with Gasteiger partial charge in [0.05, 0.1) is 0 Å². The molecular weight excluding hydrogens is 148 g/mol. The van der Waals surface area contributed by atoms with Gasteiger partial charge in [-0.15, -0.1) is 12.6 Å². The van der Waals surface area contributed by atoms with E-state index in [1.54, 1.807) is 0 Å². The second kappa shape index (κ2) is 4.04. The predicted octanol–water partition coefficient (Wildman–Crippen LogP) is 2.03. The average molecular weight is 155 g/mol. The van der Waals surface area contributed by atoms with Crippen molar-refractivity contribution in [2.75, 3.05) is 0 Å². The number of carbonyl (C=O) groups excluding carboxylic acids is 1. The van der Waals surface area contributed by atoms with E-state index in [-0.39, 0.29) is 5.44 Å². The van der Waals surface area contributed by atoms with E-state index in [1.165, 1.54) is 0 Å². The van der Waals surface area contributed by atoms with Crippen molar-refractivity contribution >= 4 is 29.7 Å². The standard InChI is InChI=1S/C4H7ClO2S/c1-2-3(8)7-4(5)6/h3,8H,2H2,1H3. The van der Waals surface area contributed by atoms with E-state index in [4.69, 9.17) is 11.6 Å². The average Bonchev–Trinajstić information content (AvgIpc) is 1.65. The summed E-state index contributed by atoms with van der Waals surface area (Å²) in [5.41, 5.74) is -1.16. The summed E-state index contributed by atoms with van der Waals surface area (Å²) >= 11 is 8.68. The van der Waals surface area contributed by atoms with Crippen molar-refractivity contribution < 1.29 is 9.53 Å². The Morgan fingerprint density at radius 2 is 2.50 bits per heavy atom. The topological polar surface area (TPSA) is 26.3 Å². The predicted molar refractivity (Wildman–Crippen MR) is 35.4 cm³/mol. The Balaban J connectivity index is 3.24. The van der Waals surface area contributed by atoms with Crippen LogP contribution in [-0.2, 0) is 4.74 Å². The molecule has 4 heteroatoms. The fourth-order valence-corrected chi connectivity index (χ4v) is 0.456. The van der Waals surface area contributed by atoms with Gasteiger partial charge in [-0.1, -0.05) is 6.92 Å². The molecule has 0 rings (SSSR count). The first-order chi connectivity index (χ1) is 3.66. The third kappa shape index (κ3) is 4.27. The van der Waals surface area contributed by atoms with Crippen LogP contribution in [-0.4, -0.2) is 10.9 Å². The summed E-state index contributed by atoms with van der Waals surface area (Å²) in [6, 6.07) is 0. The lowest BCUT2D eigenvalue weighted by atomic mass is 10.5. The van der Waals surface area contributed by atoms with E-state index in [1.807, 2.05) is 6.92 Å². The van der Waals surface area contributed by atoms with Gasteiger partial charge in [-0.05, 0) is 6.42 Å². The smallest absolute Gasteiger partial charge is 0.404 e. The van der Waals surface area contributed by atoms with Crippen molar-refractivity contribution in [1.82, 2.24) is 0 Å². The fraction of sp³-hybridized carbons (Fsp3) is 0.750. The SMILES string of the molecule is CCC(S)OC(=O)Cl. The van der Waals surface area contributed by atoms with Crippen LogP contribution in [0, 0.1) is 0 Å². The van der Waals surface area contributed by atoms with Gasteiger partial charge in [-0.2, -0.15) is 0 Å². The number of carbonyl (C=O) groups is 1. The second-order valence-corrected chi connectivity index (χ2v) is 2.10. The summed E-state index contributed by atoms with van der Waals surface area (Å²) in [5.74, 6) is 0. The molecule has 8 heavy (non-hydrogen) atoms. The van der Waals surface area contributed by atoms with Crippen LogP contribution in [0.15, 0.2) is 0 Å². The Kier molecular flexibility index (Phi) is 4.09. The zero-order valence-corrected chi connectivity index (χ0v) is 6.08. The van der Waals surface area contributed by atoms with Gasteiger partial charge in [0.1, 0.15) is 5.44 Å². The van der Waals surface area contributed by atoms with Crippen molar-refractivity contribution in [3.05, 3.63) is 0 Å². The Labute approximate surface area is 58.6 Å². The van der Waals surface area contributed by atoms with E-state index in [9.17, 15) is 4.79 Å². The van der Waals surface area contributed by atoms with Crippen LogP contribution < -0.4 is 0 Å². The van der Waals surface area contributed by atoms with Gasteiger partial charge in [0.15, 0.2) is 0 Å². The van der Waals surface area contributed by atoms with Gasteiger partial charge in [-0.25, -0.2) is 4.79 Å². The Bertz CT molecular complexity index is 86.1. The minimum atomic E-state index is -0.799. The van der Waals surface area contributed by atoms with E-state index in [0.717, 1.165) is 0 Å². The molecule has 0 spiro atoms. The Morgan fingerprint density at radius 3 is 2.62 bits per heavy atom. The summed E-state index contributed by atoms with van der Waals surface area (Å²) in [4.78, 5) is 9.91. The molecule has 0 saturated carbocycles. The van der Waals surface area contributed by atoms with Crippen LogP contribution in [0.2, 0.25) is 0 Å². The molecule has 0 aromatic heterocycles. The molecule has 0 heterocycles. The molecule has 2 nitrogen and oxygen atoms in total. The summed E-state index contributed by atoms with van der Waals surface area (Å²) in [5, 5.41) is 0. The van der Waals surface area contributed by atoms with Gasteiger partial charge < -0.3 is 4.74 Å². The second-order valence-electron chi connectivity index (χ2n) is 1.22. The van der Waals surface area contributed by atoms with Gasteiger partial charge in [-0.3, -0.25) is 0 Å². The minimum absolute atomic E-state index is 0.361. The lowest BCUT2D eigenvalue weighted by molar-refractivity contribution is 0.161. The molecule has 0 aromatic carbocycles. The first-order valence-corrected chi connectivity index (χ1v) is 3.10. The maximum Gasteiger partial charge on any atom is 0.404 e. The third-order valence-corrected chi connectivity index (χ3v) is 1.14. The van der Waals surface area contributed by atoms with Crippen LogP contribution >= 0.6 is 24.2 Å². The van der Waals surface area contributed by atoms with Crippen LogP contribution in [0.3, 0.4) is 0 Å². The number of hydrogen-bond acceptors (Lipinski definition) is 3. The van der Waals surface area contributed by atoms with E-state index < -0.39 is 5.43 Å². The molecule has 0 aromatic rings. The Hall–Kier alpha value is 0.110. The lowest BCUT2D eigenvalue weighted by Gasteiger charge is -2.04. The van der Waals surface area contributed by atoms with Crippen molar-refractivity contribution in [3.63, 3.8) is 0 Å². The quantitative estimate of drug-likeness (QED) is 0.374. The number of ether oxygens (including phenoxy) is 1. The van der Waals surface area contributed by atoms with Gasteiger partial charge in [0.2, 0.25) is 0 Å². The van der Waals surface area contributed by atoms with Crippen LogP contribution in [0.5, 0.6) is 0 Å². The zero-order valence-electron chi connectivity index (χ0n) is 4.43. The summed E-state index contributed by atoms with van der Waals surface area (Å²) < 4.78 is 4.39. The van der Waals surface area contributed by atoms with Crippen LogP contribution in [0.25, 0.3) is 0 Å². The molecule has 0 saturated heterocycles. The largest absolute Gasteiger partial charge is 0.440 e. The third-order valence-electron chi connectivity index (χ3n) is 0.578. The van der Waals surface area contributed by atoms with Gasteiger partial charge in [0, 0.05) is 11.6 Å². The zero-order chi connectivity index (χ0) is 6.57. The maximum absolute atomic E-state index is 9.91. The highest BCUT2D eigenvalue weighted by molar-refractivity contribution is 7.80. The van der Waals surface area contributed by atoms with E-state index in [0.29, 0.717) is 6.42 Å². The monoisotopic (exact) mass is 154 g/mol. The molecule has 0 radical (unpaired) electrons. The first-order valence-electron chi connectivity index (χ1n) is 2.21. The van der Waals surface area contributed by atoms with E-state index >= 15 is 0 Å². The molecule has 0 aliphatic rings. The van der Waals surface area contributed by atoms with Crippen molar-refractivity contribution in [1.29, 1.82) is 0 Å². The number of hydrogen-bond donors (Lipinski definition) is 1. The molecule has 48 valence electrons. The number of rotatable bonds is 2. The molecule has 0 aliphatic heterocycles. The molecule has 0 N–H and O–H groups in total. The Morgan fingerprint density at radius 1 is 2.00 bits per heavy atom. The molecule has 0 aliphatic carbocycles. The highest BCUT2D eigenvalue weighted by atomic mass is 35.5. The first kappa shape index (κ1) is 8.11. The van der Waals surface area contributed by atoms with Gasteiger partial charge in [0.25, 0.3) is 0 Å². The van der Waals surface area contributed by atoms with E-state index in [2.05, 4.69) is 17.4 Å². The summed E-state index contributed by atoms with van der Waals surface area (Å²) in [7, 11) is 0. The molecule has 1 atom stereocenters. The number of halogens is 1. The van der Waals surface area contributed by atoms with Crippen molar-refractivity contribution in [2.45, 2.75) is 18.8 Å². The van der Waals surface area contributed by atoms with Crippen LogP contribution in [0.4, 0.5) is 4.79 Å². The number of thiol groups is 1. The highest BCUT2D eigenvalue weighted by Crippen LogP contribution is 2.03. The lowest BCUT2D eigenvalue weighted by Crippen LogP contribution is -2.04.